The molecule has 0 spiro atoms. The highest BCUT2D eigenvalue weighted by Gasteiger charge is 2.11. The van der Waals surface area contributed by atoms with Crippen LogP contribution in [0.2, 0.25) is 0 Å². The predicted octanol–water partition coefficient (Wildman–Crippen LogP) is 1.23. The van der Waals surface area contributed by atoms with Crippen LogP contribution in [-0.2, 0) is 0 Å². The van der Waals surface area contributed by atoms with E-state index in [2.05, 4.69) is 20.6 Å². The summed E-state index contributed by atoms with van der Waals surface area (Å²) < 4.78 is 0. The molecule has 0 radical (unpaired) electrons. The van der Waals surface area contributed by atoms with E-state index in [0.717, 1.165) is 0 Å². The van der Waals surface area contributed by atoms with Crippen LogP contribution in [0.3, 0.4) is 0 Å². The number of para-hydroxylation sites is 2. The molecule has 1 aromatic heterocycles. The topological polar surface area (TPSA) is 110 Å². The number of benzene rings is 1. The zero-order valence-electron chi connectivity index (χ0n) is 11.0. The van der Waals surface area contributed by atoms with Crippen LogP contribution in [0.25, 0.3) is 0 Å². The van der Waals surface area contributed by atoms with Gasteiger partial charge in [0.1, 0.15) is 11.4 Å². The number of anilines is 1. The number of hydrogen-bond acceptors (Lipinski definition) is 6. The van der Waals surface area contributed by atoms with Gasteiger partial charge in [0.25, 0.3) is 11.6 Å². The number of rotatable bonds is 6. The number of aromatic nitrogens is 2. The molecule has 21 heavy (non-hydrogen) atoms. The first kappa shape index (κ1) is 14.4. The van der Waals surface area contributed by atoms with Crippen molar-refractivity contribution in [3.63, 3.8) is 0 Å². The first-order chi connectivity index (χ1) is 10.2. The van der Waals surface area contributed by atoms with Crippen molar-refractivity contribution in [2.24, 2.45) is 0 Å². The molecule has 1 heterocycles. The Morgan fingerprint density at radius 3 is 2.76 bits per heavy atom. The monoisotopic (exact) mass is 287 g/mol. The minimum Gasteiger partial charge on any atom is -0.378 e. The summed E-state index contributed by atoms with van der Waals surface area (Å²) in [4.78, 5) is 29.7. The molecule has 1 aromatic carbocycles. The van der Waals surface area contributed by atoms with Gasteiger partial charge < -0.3 is 10.6 Å². The van der Waals surface area contributed by atoms with Gasteiger partial charge in [-0.2, -0.15) is 0 Å². The molecule has 2 N–H and O–H groups in total. The average Bonchev–Trinajstić information content (AvgIpc) is 2.52. The van der Waals surface area contributed by atoms with E-state index >= 15 is 0 Å². The van der Waals surface area contributed by atoms with Gasteiger partial charge in [0.05, 0.1) is 11.1 Å². The van der Waals surface area contributed by atoms with Crippen LogP contribution >= 0.6 is 0 Å². The van der Waals surface area contributed by atoms with Crippen LogP contribution in [0.5, 0.6) is 0 Å². The normalized spacial score (nSPS) is 9.90. The van der Waals surface area contributed by atoms with Gasteiger partial charge >= 0.3 is 0 Å². The van der Waals surface area contributed by atoms with E-state index in [-0.39, 0.29) is 17.3 Å². The molecule has 0 bridgehead atoms. The number of nitro benzene ring substituents is 1. The molecule has 8 nitrogen and oxygen atoms in total. The molecular weight excluding hydrogens is 274 g/mol. The predicted molar refractivity (Wildman–Crippen MR) is 76.0 cm³/mol. The maximum absolute atomic E-state index is 11.7. The van der Waals surface area contributed by atoms with Gasteiger partial charge in [0, 0.05) is 31.5 Å². The zero-order chi connectivity index (χ0) is 15.1. The molecule has 8 heteroatoms. The molecule has 0 aliphatic carbocycles. The Morgan fingerprint density at radius 2 is 2.05 bits per heavy atom. The summed E-state index contributed by atoms with van der Waals surface area (Å²) in [6.45, 7) is 0.665. The molecule has 0 fully saturated rings. The van der Waals surface area contributed by atoms with Crippen LogP contribution in [-0.4, -0.2) is 33.9 Å². The summed E-state index contributed by atoms with van der Waals surface area (Å²) in [5.41, 5.74) is 0.636. The second-order valence-electron chi connectivity index (χ2n) is 4.05. The Balaban J connectivity index is 1.83. The Bertz CT molecular complexity index is 633. The zero-order valence-corrected chi connectivity index (χ0v) is 11.0. The van der Waals surface area contributed by atoms with Crippen LogP contribution in [0.15, 0.2) is 42.9 Å². The molecule has 2 rings (SSSR count). The molecule has 108 valence electrons. The Labute approximate surface area is 120 Å². The van der Waals surface area contributed by atoms with Gasteiger partial charge in [-0.1, -0.05) is 12.1 Å². The minimum atomic E-state index is -0.458. The molecule has 0 atom stereocenters. The van der Waals surface area contributed by atoms with Crippen molar-refractivity contribution in [2.75, 3.05) is 18.4 Å². The second kappa shape index (κ2) is 6.94. The molecule has 0 aliphatic rings. The van der Waals surface area contributed by atoms with E-state index < -0.39 is 4.92 Å². The number of nitrogens with zero attached hydrogens (tertiary/aromatic N) is 3. The smallest absolute Gasteiger partial charge is 0.292 e. The van der Waals surface area contributed by atoms with Gasteiger partial charge in [-0.05, 0) is 6.07 Å². The van der Waals surface area contributed by atoms with Crippen molar-refractivity contribution >= 4 is 17.3 Å². The lowest BCUT2D eigenvalue weighted by Gasteiger charge is -2.07. The fraction of sp³-hybridized carbons (Fsp3) is 0.154. The highest BCUT2D eigenvalue weighted by Crippen LogP contribution is 2.22. The first-order valence-corrected chi connectivity index (χ1v) is 6.20. The molecule has 0 aliphatic heterocycles. The summed E-state index contributed by atoms with van der Waals surface area (Å²) in [7, 11) is 0. The quantitative estimate of drug-likeness (QED) is 0.469. The van der Waals surface area contributed by atoms with Crippen molar-refractivity contribution in [1.29, 1.82) is 0 Å². The van der Waals surface area contributed by atoms with Crippen LogP contribution in [0, 0.1) is 10.1 Å². The number of hydrogen-bond donors (Lipinski definition) is 2. The number of carbonyl (C=O) groups is 1. The third-order valence-electron chi connectivity index (χ3n) is 2.62. The third-order valence-corrected chi connectivity index (χ3v) is 2.62. The van der Waals surface area contributed by atoms with Crippen LogP contribution in [0.1, 0.15) is 10.5 Å². The maximum Gasteiger partial charge on any atom is 0.292 e. The van der Waals surface area contributed by atoms with Crippen LogP contribution in [0.4, 0.5) is 11.4 Å². The van der Waals surface area contributed by atoms with Gasteiger partial charge in [-0.25, -0.2) is 4.98 Å². The van der Waals surface area contributed by atoms with E-state index in [1.54, 1.807) is 18.2 Å². The summed E-state index contributed by atoms with van der Waals surface area (Å²) in [6, 6.07) is 6.33. The molecule has 2 aromatic rings. The van der Waals surface area contributed by atoms with Crippen molar-refractivity contribution in [3.05, 3.63) is 58.7 Å². The number of carbonyl (C=O) groups excluding carboxylic acids is 1. The molecular formula is C13H13N5O3. The summed E-state index contributed by atoms with van der Waals surface area (Å²) in [6.07, 6.45) is 4.28. The third kappa shape index (κ3) is 3.96. The first-order valence-electron chi connectivity index (χ1n) is 6.20. The lowest BCUT2D eigenvalue weighted by Crippen LogP contribution is -2.29. The maximum atomic E-state index is 11.7. The molecule has 0 unspecified atom stereocenters. The van der Waals surface area contributed by atoms with E-state index in [1.807, 2.05) is 0 Å². The fourth-order valence-electron chi connectivity index (χ4n) is 1.66. The lowest BCUT2D eigenvalue weighted by atomic mass is 10.2. The SMILES string of the molecule is O=C(NCCNc1ccccc1[N+](=O)[O-])c1cnccn1. The molecule has 0 saturated carbocycles. The average molecular weight is 287 g/mol. The Kier molecular flexibility index (Phi) is 4.75. The lowest BCUT2D eigenvalue weighted by molar-refractivity contribution is -0.384. The van der Waals surface area contributed by atoms with Gasteiger partial charge in [-0.3, -0.25) is 19.9 Å². The number of amides is 1. The summed E-state index contributed by atoms with van der Waals surface area (Å²) in [5, 5.41) is 16.4. The Hall–Kier alpha value is -3.03. The van der Waals surface area contributed by atoms with E-state index in [9.17, 15) is 14.9 Å². The van der Waals surface area contributed by atoms with Gasteiger partial charge in [0.15, 0.2) is 0 Å². The van der Waals surface area contributed by atoms with E-state index in [0.29, 0.717) is 18.8 Å². The van der Waals surface area contributed by atoms with Crippen molar-refractivity contribution in [2.45, 2.75) is 0 Å². The van der Waals surface area contributed by atoms with Gasteiger partial charge in [-0.15, -0.1) is 0 Å². The fourth-order valence-corrected chi connectivity index (χ4v) is 1.66. The molecule has 0 saturated heterocycles. The summed E-state index contributed by atoms with van der Waals surface area (Å²) >= 11 is 0. The van der Waals surface area contributed by atoms with E-state index in [4.69, 9.17) is 0 Å². The van der Waals surface area contributed by atoms with Crippen molar-refractivity contribution < 1.29 is 9.72 Å². The molecule has 1 amide bonds. The standard InChI is InChI=1S/C13H13N5O3/c19-13(11-9-14-5-6-16-11)17-8-7-15-10-3-1-2-4-12(10)18(20)21/h1-6,9,15H,7-8H2,(H,17,19). The van der Waals surface area contributed by atoms with Crippen LogP contribution < -0.4 is 10.6 Å². The largest absolute Gasteiger partial charge is 0.378 e. The Morgan fingerprint density at radius 1 is 1.24 bits per heavy atom. The summed E-state index contributed by atoms with van der Waals surface area (Å²) in [5.74, 6) is -0.340. The highest BCUT2D eigenvalue weighted by molar-refractivity contribution is 5.91. The van der Waals surface area contributed by atoms with E-state index in [1.165, 1.54) is 24.7 Å². The highest BCUT2D eigenvalue weighted by atomic mass is 16.6. The van der Waals surface area contributed by atoms with Crippen molar-refractivity contribution in [3.8, 4) is 0 Å². The van der Waals surface area contributed by atoms with Crippen molar-refractivity contribution in [1.82, 2.24) is 15.3 Å². The number of nitro groups is 1. The van der Waals surface area contributed by atoms with Gasteiger partial charge in [0.2, 0.25) is 0 Å². The second-order valence-corrected chi connectivity index (χ2v) is 4.05. The number of nitrogens with one attached hydrogen (secondary N) is 2. The minimum absolute atomic E-state index is 0.00208.